The molecular weight excluding hydrogens is 268 g/mol. The van der Waals surface area contributed by atoms with Crippen molar-refractivity contribution in [2.75, 3.05) is 20.1 Å². The molecule has 1 aliphatic heterocycles. The largest absolute Gasteiger partial charge is 0.310 e. The van der Waals surface area contributed by atoms with Crippen molar-refractivity contribution in [1.82, 2.24) is 10.2 Å². The molecule has 0 aromatic heterocycles. The lowest BCUT2D eigenvalue weighted by molar-refractivity contribution is 0.195. The normalized spacial score (nSPS) is 28.9. The van der Waals surface area contributed by atoms with Gasteiger partial charge in [0.25, 0.3) is 0 Å². The molecule has 110 valence electrons. The number of halogens is 1. The van der Waals surface area contributed by atoms with Gasteiger partial charge >= 0.3 is 0 Å². The van der Waals surface area contributed by atoms with Gasteiger partial charge in [-0.25, -0.2) is 0 Å². The van der Waals surface area contributed by atoms with Gasteiger partial charge in [0.15, 0.2) is 0 Å². The molecule has 3 rings (SSSR count). The van der Waals surface area contributed by atoms with Gasteiger partial charge in [-0.2, -0.15) is 0 Å². The fourth-order valence-corrected chi connectivity index (χ4v) is 3.97. The van der Waals surface area contributed by atoms with Crippen LogP contribution in [0.1, 0.15) is 43.6 Å². The van der Waals surface area contributed by atoms with E-state index in [2.05, 4.69) is 29.4 Å². The molecule has 1 N–H and O–H groups in total. The Hall–Kier alpha value is -0.570. The Morgan fingerprint density at radius 1 is 1.05 bits per heavy atom. The van der Waals surface area contributed by atoms with Crippen LogP contribution in [0.15, 0.2) is 24.3 Å². The van der Waals surface area contributed by atoms with Crippen LogP contribution in [0.4, 0.5) is 0 Å². The Bertz CT molecular complexity index is 425. The topological polar surface area (TPSA) is 15.3 Å². The Kier molecular flexibility index (Phi) is 4.65. The number of hydrogen-bond acceptors (Lipinski definition) is 2. The molecule has 2 aliphatic rings. The minimum atomic E-state index is 0.630. The van der Waals surface area contributed by atoms with Crippen molar-refractivity contribution in [3.63, 3.8) is 0 Å². The monoisotopic (exact) mass is 292 g/mol. The highest BCUT2D eigenvalue weighted by Gasteiger charge is 2.28. The zero-order valence-electron chi connectivity index (χ0n) is 12.3. The highest BCUT2D eigenvalue weighted by Crippen LogP contribution is 2.28. The summed E-state index contributed by atoms with van der Waals surface area (Å²) in [5.74, 6) is 0.630. The quantitative estimate of drug-likeness (QED) is 0.915. The van der Waals surface area contributed by atoms with E-state index in [1.54, 1.807) is 0 Å². The van der Waals surface area contributed by atoms with Crippen molar-refractivity contribution in [3.05, 3.63) is 34.9 Å². The summed E-state index contributed by atoms with van der Waals surface area (Å²) in [5, 5.41) is 4.72. The van der Waals surface area contributed by atoms with E-state index >= 15 is 0 Å². The molecule has 1 aromatic carbocycles. The van der Waals surface area contributed by atoms with Crippen molar-refractivity contribution in [2.24, 2.45) is 0 Å². The van der Waals surface area contributed by atoms with Crippen LogP contribution < -0.4 is 5.32 Å². The molecule has 1 saturated heterocycles. The molecule has 1 heterocycles. The van der Waals surface area contributed by atoms with E-state index in [1.807, 2.05) is 12.1 Å². The maximum Gasteiger partial charge on any atom is 0.0406 e. The summed E-state index contributed by atoms with van der Waals surface area (Å²) in [5.41, 5.74) is 1.43. The lowest BCUT2D eigenvalue weighted by Gasteiger charge is -2.37. The Morgan fingerprint density at radius 3 is 2.45 bits per heavy atom. The van der Waals surface area contributed by atoms with Gasteiger partial charge in [-0.05, 0) is 49.9 Å². The van der Waals surface area contributed by atoms with Crippen molar-refractivity contribution >= 4 is 11.6 Å². The van der Waals surface area contributed by atoms with Crippen LogP contribution in [0.3, 0.4) is 0 Å². The molecule has 2 atom stereocenters. The maximum atomic E-state index is 6.00. The number of nitrogens with zero attached hydrogens (tertiary/aromatic N) is 1. The third-order valence-electron chi connectivity index (χ3n) is 4.80. The predicted octanol–water partition coefficient (Wildman–Crippen LogP) is 3.66. The second kappa shape index (κ2) is 6.46. The lowest BCUT2D eigenvalue weighted by atomic mass is 9.88. The van der Waals surface area contributed by atoms with Crippen LogP contribution in [-0.2, 0) is 0 Å². The number of likely N-dealkylation sites (N-methyl/N-ethyl adjacent to an activating group) is 1. The number of piperidine rings is 1. The molecule has 1 aromatic rings. The summed E-state index contributed by atoms with van der Waals surface area (Å²) in [4.78, 5) is 2.47. The van der Waals surface area contributed by atoms with Gasteiger partial charge in [-0.15, -0.1) is 0 Å². The van der Waals surface area contributed by atoms with Gasteiger partial charge in [-0.1, -0.05) is 36.6 Å². The van der Waals surface area contributed by atoms with Crippen molar-refractivity contribution in [2.45, 2.75) is 50.1 Å². The van der Waals surface area contributed by atoms with Gasteiger partial charge in [0, 0.05) is 30.2 Å². The number of rotatable bonds is 3. The highest BCUT2D eigenvalue weighted by molar-refractivity contribution is 6.30. The molecule has 1 saturated carbocycles. The van der Waals surface area contributed by atoms with E-state index in [0.29, 0.717) is 12.0 Å². The first-order valence-corrected chi connectivity index (χ1v) is 8.28. The fraction of sp³-hybridized carbons (Fsp3) is 0.647. The van der Waals surface area contributed by atoms with E-state index < -0.39 is 0 Å². The number of benzene rings is 1. The molecule has 0 amide bonds. The van der Waals surface area contributed by atoms with Crippen LogP contribution in [0, 0.1) is 0 Å². The Labute approximate surface area is 127 Å². The van der Waals surface area contributed by atoms with E-state index in [0.717, 1.165) is 17.6 Å². The van der Waals surface area contributed by atoms with Crippen molar-refractivity contribution < 1.29 is 0 Å². The molecular formula is C17H25ClN2. The SMILES string of the molecule is CN1CC(NC2CCCC2)CC(c2ccc(Cl)cc2)C1. The average molecular weight is 293 g/mol. The zero-order valence-corrected chi connectivity index (χ0v) is 13.1. The summed E-state index contributed by atoms with van der Waals surface area (Å²) < 4.78 is 0. The van der Waals surface area contributed by atoms with Crippen molar-refractivity contribution in [3.8, 4) is 0 Å². The Balaban J connectivity index is 1.64. The first kappa shape index (κ1) is 14.4. The van der Waals surface area contributed by atoms with Gasteiger partial charge in [0.05, 0.1) is 0 Å². The number of likely N-dealkylation sites (tertiary alicyclic amines) is 1. The number of hydrogen-bond donors (Lipinski definition) is 1. The van der Waals surface area contributed by atoms with Crippen LogP contribution in [0.2, 0.25) is 5.02 Å². The molecule has 2 fully saturated rings. The third kappa shape index (κ3) is 3.55. The molecule has 1 aliphatic carbocycles. The Morgan fingerprint density at radius 2 is 1.75 bits per heavy atom. The smallest absolute Gasteiger partial charge is 0.0406 e. The molecule has 0 bridgehead atoms. The summed E-state index contributed by atoms with van der Waals surface area (Å²) in [6.45, 7) is 2.34. The first-order valence-electron chi connectivity index (χ1n) is 7.91. The van der Waals surface area contributed by atoms with Gasteiger partial charge in [0.2, 0.25) is 0 Å². The molecule has 2 nitrogen and oxygen atoms in total. The summed E-state index contributed by atoms with van der Waals surface area (Å²) in [6, 6.07) is 9.82. The number of nitrogens with one attached hydrogen (secondary N) is 1. The standard InChI is InChI=1S/C17H25ClN2/c1-20-11-14(13-6-8-15(18)9-7-13)10-17(12-20)19-16-4-2-3-5-16/h6-9,14,16-17,19H,2-5,10-12H2,1H3. The molecule has 0 spiro atoms. The second-order valence-corrected chi connectivity index (χ2v) is 6.99. The molecule has 20 heavy (non-hydrogen) atoms. The van der Waals surface area contributed by atoms with Gasteiger partial charge in [0.1, 0.15) is 0 Å². The van der Waals surface area contributed by atoms with E-state index in [-0.39, 0.29) is 0 Å². The third-order valence-corrected chi connectivity index (χ3v) is 5.05. The maximum absolute atomic E-state index is 6.00. The van der Waals surface area contributed by atoms with Crippen LogP contribution in [0.5, 0.6) is 0 Å². The second-order valence-electron chi connectivity index (χ2n) is 6.55. The van der Waals surface area contributed by atoms with Gasteiger partial charge in [-0.3, -0.25) is 0 Å². The molecule has 3 heteroatoms. The first-order chi connectivity index (χ1) is 9.70. The average Bonchev–Trinajstić information content (AvgIpc) is 2.91. The predicted molar refractivity (Wildman–Crippen MR) is 85.5 cm³/mol. The van der Waals surface area contributed by atoms with E-state index in [1.165, 1.54) is 44.2 Å². The van der Waals surface area contributed by atoms with Crippen molar-refractivity contribution in [1.29, 1.82) is 0 Å². The molecule has 2 unspecified atom stereocenters. The lowest BCUT2D eigenvalue weighted by Crippen LogP contribution is -2.49. The van der Waals surface area contributed by atoms with Crippen LogP contribution >= 0.6 is 11.6 Å². The fourth-order valence-electron chi connectivity index (χ4n) is 3.84. The van der Waals surface area contributed by atoms with E-state index in [9.17, 15) is 0 Å². The highest BCUT2D eigenvalue weighted by atomic mass is 35.5. The summed E-state index contributed by atoms with van der Waals surface area (Å²) >= 11 is 6.00. The molecule has 0 radical (unpaired) electrons. The minimum Gasteiger partial charge on any atom is -0.310 e. The minimum absolute atomic E-state index is 0.630. The van der Waals surface area contributed by atoms with E-state index in [4.69, 9.17) is 11.6 Å². The summed E-state index contributed by atoms with van der Waals surface area (Å²) in [7, 11) is 2.24. The van der Waals surface area contributed by atoms with Crippen LogP contribution in [0.25, 0.3) is 0 Å². The summed E-state index contributed by atoms with van der Waals surface area (Å²) in [6.07, 6.45) is 6.79. The van der Waals surface area contributed by atoms with Gasteiger partial charge < -0.3 is 10.2 Å². The zero-order chi connectivity index (χ0) is 13.9. The van der Waals surface area contributed by atoms with Crippen LogP contribution in [-0.4, -0.2) is 37.1 Å².